The van der Waals surface area contributed by atoms with Crippen LogP contribution in [0, 0.1) is 6.92 Å². The Hall–Kier alpha value is -1.47. The molecule has 0 aromatic carbocycles. The highest BCUT2D eigenvalue weighted by Crippen LogP contribution is 2.36. The average molecular weight is 297 g/mol. The van der Waals surface area contributed by atoms with Crippen molar-refractivity contribution in [1.29, 1.82) is 0 Å². The van der Waals surface area contributed by atoms with Crippen LogP contribution in [0.5, 0.6) is 11.5 Å². The first-order valence-electron chi connectivity index (χ1n) is 5.57. The largest absolute Gasteiger partial charge is 0.493 e. The Morgan fingerprint density at radius 3 is 2.74 bits per heavy atom. The highest BCUT2D eigenvalue weighted by molar-refractivity contribution is 8.00. The molecule has 19 heavy (non-hydrogen) atoms. The molecule has 0 aliphatic heterocycles. The number of thioether (sulfide) groups is 1. The van der Waals surface area contributed by atoms with Crippen LogP contribution >= 0.6 is 23.1 Å². The van der Waals surface area contributed by atoms with Crippen LogP contribution in [-0.2, 0) is 5.75 Å². The third kappa shape index (κ3) is 3.10. The van der Waals surface area contributed by atoms with Crippen molar-refractivity contribution in [2.75, 3.05) is 20.0 Å². The molecule has 0 saturated heterocycles. The van der Waals surface area contributed by atoms with Gasteiger partial charge in [-0.3, -0.25) is 4.98 Å². The summed E-state index contributed by atoms with van der Waals surface area (Å²) in [6.07, 6.45) is 1.71. The highest BCUT2D eigenvalue weighted by Gasteiger charge is 2.13. The minimum absolute atomic E-state index is 0.588. The molecular weight excluding hydrogens is 282 g/mol. The number of anilines is 1. The molecule has 2 heterocycles. The second-order valence-electron chi connectivity index (χ2n) is 3.71. The minimum Gasteiger partial charge on any atom is -0.493 e. The van der Waals surface area contributed by atoms with Gasteiger partial charge in [-0.05, 0) is 6.92 Å². The first kappa shape index (κ1) is 14.0. The van der Waals surface area contributed by atoms with Gasteiger partial charge in [0.25, 0.3) is 0 Å². The van der Waals surface area contributed by atoms with Crippen molar-refractivity contribution in [3.8, 4) is 11.5 Å². The zero-order valence-corrected chi connectivity index (χ0v) is 12.6. The lowest BCUT2D eigenvalue weighted by Gasteiger charge is -2.10. The lowest BCUT2D eigenvalue weighted by Crippen LogP contribution is -1.97. The molecule has 0 fully saturated rings. The number of hydrogen-bond acceptors (Lipinski definition) is 7. The maximum atomic E-state index is 5.68. The van der Waals surface area contributed by atoms with E-state index in [0.29, 0.717) is 22.4 Å². The average Bonchev–Trinajstić information content (AvgIpc) is 2.73. The number of pyridine rings is 1. The first-order chi connectivity index (χ1) is 9.15. The maximum absolute atomic E-state index is 5.68. The third-order valence-corrected chi connectivity index (χ3v) is 4.84. The molecule has 0 aliphatic rings. The van der Waals surface area contributed by atoms with Gasteiger partial charge in [-0.2, -0.15) is 0 Å². The normalized spacial score (nSPS) is 10.5. The molecule has 2 N–H and O–H groups in total. The Kier molecular flexibility index (Phi) is 4.49. The fourth-order valence-electron chi connectivity index (χ4n) is 1.62. The van der Waals surface area contributed by atoms with E-state index >= 15 is 0 Å². The van der Waals surface area contributed by atoms with Crippen molar-refractivity contribution < 1.29 is 9.47 Å². The molecule has 0 bridgehead atoms. The van der Waals surface area contributed by atoms with Gasteiger partial charge in [-0.15, -0.1) is 11.8 Å². The first-order valence-corrected chi connectivity index (χ1v) is 7.37. The number of aryl methyl sites for hydroxylation is 1. The van der Waals surface area contributed by atoms with Crippen molar-refractivity contribution >= 4 is 28.2 Å². The number of rotatable bonds is 5. The molecule has 0 spiro atoms. The number of ether oxygens (including phenoxy) is 2. The molecule has 5 nitrogen and oxygen atoms in total. The zero-order chi connectivity index (χ0) is 13.8. The van der Waals surface area contributed by atoms with Crippen LogP contribution in [0.3, 0.4) is 0 Å². The van der Waals surface area contributed by atoms with Gasteiger partial charge in [-0.25, -0.2) is 4.98 Å². The Morgan fingerprint density at radius 2 is 2.16 bits per heavy atom. The molecule has 0 unspecified atom stereocenters. The Bertz CT molecular complexity index is 572. The summed E-state index contributed by atoms with van der Waals surface area (Å²) in [5.74, 6) is 2.05. The summed E-state index contributed by atoms with van der Waals surface area (Å²) < 4.78 is 11.7. The van der Waals surface area contributed by atoms with Crippen LogP contribution in [0.25, 0.3) is 0 Å². The third-order valence-electron chi connectivity index (χ3n) is 2.48. The molecule has 2 aromatic rings. The van der Waals surface area contributed by atoms with Gasteiger partial charge in [-0.1, -0.05) is 11.3 Å². The quantitative estimate of drug-likeness (QED) is 0.856. The van der Waals surface area contributed by atoms with E-state index in [1.165, 1.54) is 11.3 Å². The molecule has 102 valence electrons. The molecule has 0 atom stereocenters. The lowest BCUT2D eigenvalue weighted by molar-refractivity contribution is 0.350. The smallest absolute Gasteiger partial charge is 0.183 e. The van der Waals surface area contributed by atoms with Gasteiger partial charge in [0.1, 0.15) is 0 Å². The maximum Gasteiger partial charge on any atom is 0.183 e. The van der Waals surface area contributed by atoms with Crippen LogP contribution in [-0.4, -0.2) is 24.2 Å². The molecule has 2 rings (SSSR count). The van der Waals surface area contributed by atoms with Crippen molar-refractivity contribution in [3.05, 3.63) is 23.7 Å². The van der Waals surface area contributed by atoms with Crippen LogP contribution in [0.15, 0.2) is 16.5 Å². The SMILES string of the molecule is COc1ccnc(CSc2sc(N)nc2C)c1OC. The van der Waals surface area contributed by atoms with Crippen molar-refractivity contribution in [1.82, 2.24) is 9.97 Å². The van der Waals surface area contributed by atoms with E-state index in [-0.39, 0.29) is 0 Å². The molecular formula is C12H15N3O2S2. The van der Waals surface area contributed by atoms with Crippen molar-refractivity contribution in [3.63, 3.8) is 0 Å². The molecule has 0 radical (unpaired) electrons. The van der Waals surface area contributed by atoms with Crippen LogP contribution in [0.1, 0.15) is 11.4 Å². The van der Waals surface area contributed by atoms with Crippen molar-refractivity contribution in [2.45, 2.75) is 16.9 Å². The summed E-state index contributed by atoms with van der Waals surface area (Å²) in [4.78, 5) is 8.54. The van der Waals surface area contributed by atoms with E-state index in [0.717, 1.165) is 15.6 Å². The molecule has 2 aromatic heterocycles. The number of methoxy groups -OCH3 is 2. The van der Waals surface area contributed by atoms with Crippen molar-refractivity contribution in [2.24, 2.45) is 0 Å². The van der Waals surface area contributed by atoms with E-state index < -0.39 is 0 Å². The van der Waals surface area contributed by atoms with Gasteiger partial charge in [0.2, 0.25) is 0 Å². The number of nitrogens with zero attached hydrogens (tertiary/aromatic N) is 2. The fraction of sp³-hybridized carbons (Fsp3) is 0.333. The lowest BCUT2D eigenvalue weighted by atomic mass is 10.3. The fourth-order valence-corrected chi connectivity index (χ4v) is 3.59. The number of hydrogen-bond donors (Lipinski definition) is 1. The van der Waals surface area contributed by atoms with Gasteiger partial charge >= 0.3 is 0 Å². The van der Waals surface area contributed by atoms with E-state index in [2.05, 4.69) is 9.97 Å². The summed E-state index contributed by atoms with van der Waals surface area (Å²) in [5.41, 5.74) is 7.48. The van der Waals surface area contributed by atoms with E-state index in [4.69, 9.17) is 15.2 Å². The zero-order valence-electron chi connectivity index (χ0n) is 11.0. The predicted octanol–water partition coefficient (Wildman–Crippen LogP) is 2.74. The number of nitrogens with two attached hydrogens (primary N) is 1. The van der Waals surface area contributed by atoms with Gasteiger partial charge in [0.05, 0.1) is 29.8 Å². The van der Waals surface area contributed by atoms with Gasteiger partial charge in [0.15, 0.2) is 16.6 Å². The number of thiazole rings is 1. The monoisotopic (exact) mass is 297 g/mol. The molecule has 0 saturated carbocycles. The van der Waals surface area contributed by atoms with Crippen LogP contribution in [0.2, 0.25) is 0 Å². The van der Waals surface area contributed by atoms with E-state index in [1.807, 2.05) is 6.92 Å². The van der Waals surface area contributed by atoms with E-state index in [9.17, 15) is 0 Å². The summed E-state index contributed by atoms with van der Waals surface area (Å²) >= 11 is 3.13. The second kappa shape index (κ2) is 6.12. The van der Waals surface area contributed by atoms with Gasteiger partial charge < -0.3 is 15.2 Å². The van der Waals surface area contributed by atoms with Gasteiger partial charge in [0, 0.05) is 18.0 Å². The molecule has 0 amide bonds. The number of aromatic nitrogens is 2. The van der Waals surface area contributed by atoms with Crippen LogP contribution in [0.4, 0.5) is 5.13 Å². The molecule has 7 heteroatoms. The van der Waals surface area contributed by atoms with E-state index in [1.54, 1.807) is 38.2 Å². The minimum atomic E-state index is 0.588. The Morgan fingerprint density at radius 1 is 1.37 bits per heavy atom. The summed E-state index contributed by atoms with van der Waals surface area (Å²) in [6, 6.07) is 1.78. The topological polar surface area (TPSA) is 70.3 Å². The summed E-state index contributed by atoms with van der Waals surface area (Å²) in [6.45, 7) is 1.95. The Balaban J connectivity index is 2.17. The summed E-state index contributed by atoms with van der Waals surface area (Å²) in [7, 11) is 3.23. The summed E-state index contributed by atoms with van der Waals surface area (Å²) in [5, 5.41) is 0.588. The highest BCUT2D eigenvalue weighted by atomic mass is 32.2. The Labute approximate surface area is 120 Å². The molecule has 0 aliphatic carbocycles. The predicted molar refractivity (Wildman–Crippen MR) is 78.2 cm³/mol. The number of nitrogen functional groups attached to an aromatic ring is 1. The standard InChI is InChI=1S/C12H15N3O2S2/c1-7-11(19-12(13)15-7)18-6-8-10(17-3)9(16-2)4-5-14-8/h4-5H,6H2,1-3H3,(H2,13,15). The second-order valence-corrected chi connectivity index (χ2v) is 5.98. The van der Waals surface area contributed by atoms with Crippen LogP contribution < -0.4 is 15.2 Å².